The van der Waals surface area contributed by atoms with Crippen LogP contribution in [0.15, 0.2) is 0 Å². The number of nitrogens with zero attached hydrogens (tertiary/aromatic N) is 1. The second-order valence-corrected chi connectivity index (χ2v) is 2.67. The fourth-order valence-electron chi connectivity index (χ4n) is 0.671. The molecule has 0 aliphatic rings. The molecule has 0 bridgehead atoms. The second kappa shape index (κ2) is 7.67. The molecule has 0 amide bonds. The van der Waals surface area contributed by atoms with Crippen LogP contribution in [0.25, 0.3) is 0 Å². The van der Waals surface area contributed by atoms with E-state index in [2.05, 4.69) is 25.7 Å². The summed E-state index contributed by atoms with van der Waals surface area (Å²) in [6, 6.07) is 0. The van der Waals surface area contributed by atoms with Gasteiger partial charge in [0.15, 0.2) is 0 Å². The quantitative estimate of drug-likeness (QED) is 0.641. The highest BCUT2D eigenvalue weighted by Crippen LogP contribution is 2.54. The van der Waals surface area contributed by atoms with Crippen molar-refractivity contribution in [3.63, 3.8) is 0 Å². The van der Waals surface area contributed by atoms with Gasteiger partial charge < -0.3 is 4.90 Å². The molecule has 0 aliphatic heterocycles. The normalized spacial score (nSPS) is 12.3. The van der Waals surface area contributed by atoms with Crippen LogP contribution in [-0.2, 0) is 0 Å². The van der Waals surface area contributed by atoms with Crippen molar-refractivity contribution in [2.45, 2.75) is 20.8 Å². The largest absolute Gasteiger partial charge is 0.379 e. The van der Waals surface area contributed by atoms with E-state index < -0.39 is 11.6 Å². The lowest BCUT2D eigenvalue weighted by atomic mass is 10.5. The molecule has 6 heteroatoms. The third-order valence-corrected chi connectivity index (χ3v) is 1.34. The van der Waals surface area contributed by atoms with Crippen LogP contribution in [-0.4, -0.2) is 24.5 Å². The maximum absolute atomic E-state index is 9.77. The fourth-order valence-corrected chi connectivity index (χ4v) is 0.671. The average molecular weight is 209 g/mol. The minimum Gasteiger partial charge on any atom is -0.304 e. The molecule has 0 radical (unpaired) electrons. The summed E-state index contributed by atoms with van der Waals surface area (Å²) in [5.41, 5.74) is 0. The van der Waals surface area contributed by atoms with Gasteiger partial charge in [-0.1, -0.05) is 36.3 Å². The van der Waals surface area contributed by atoms with Crippen molar-refractivity contribution in [2.24, 2.45) is 0 Å². The van der Waals surface area contributed by atoms with E-state index in [0.29, 0.717) is 0 Å². The molecule has 0 spiro atoms. The van der Waals surface area contributed by atoms with Gasteiger partial charge in [0.1, 0.15) is 0 Å². The molecule has 0 aromatic rings. The van der Waals surface area contributed by atoms with Crippen molar-refractivity contribution in [1.82, 2.24) is 4.90 Å². The molecule has 0 aromatic heterocycles. The molecule has 78 valence electrons. The van der Waals surface area contributed by atoms with Crippen molar-refractivity contribution in [2.75, 3.05) is 19.6 Å². The Balaban J connectivity index is 0. The van der Waals surface area contributed by atoms with Crippen LogP contribution in [0, 0.1) is 0 Å². The highest BCUT2D eigenvalue weighted by Gasteiger charge is 2.16. The Morgan fingerprint density at radius 2 is 1.00 bits per heavy atom. The van der Waals surface area contributed by atoms with Crippen LogP contribution in [0.3, 0.4) is 0 Å². The molecule has 0 N–H and O–H groups in total. The standard InChI is InChI=1S/C6H15N.F4S/c1-4-7(5-2)6-3;1-5(2,3)4/h4-6H2,1-3H3;. The van der Waals surface area contributed by atoms with E-state index in [1.165, 1.54) is 19.6 Å². The van der Waals surface area contributed by atoms with E-state index in [0.717, 1.165) is 0 Å². The number of hydrogen-bond donors (Lipinski definition) is 0. The van der Waals surface area contributed by atoms with Crippen LogP contribution in [0.2, 0.25) is 0 Å². The molecule has 0 rings (SSSR count). The first-order valence-corrected chi connectivity index (χ1v) is 4.92. The maximum Gasteiger partial charge on any atom is 0.379 e. The average Bonchev–Trinajstić information content (AvgIpc) is 1.88. The van der Waals surface area contributed by atoms with Gasteiger partial charge in [-0.2, -0.15) is 0 Å². The Morgan fingerprint density at radius 1 is 0.833 bits per heavy atom. The lowest BCUT2D eigenvalue weighted by molar-refractivity contribution is 0.321. The maximum atomic E-state index is 9.77. The van der Waals surface area contributed by atoms with Crippen molar-refractivity contribution in [3.05, 3.63) is 0 Å². The van der Waals surface area contributed by atoms with E-state index in [1.807, 2.05) is 0 Å². The minimum atomic E-state index is -6.17. The third-order valence-electron chi connectivity index (χ3n) is 1.34. The molecular weight excluding hydrogens is 194 g/mol. The van der Waals surface area contributed by atoms with Gasteiger partial charge in [-0.15, -0.1) is 0 Å². The number of halogens is 4. The van der Waals surface area contributed by atoms with Crippen LogP contribution >= 0.6 is 11.6 Å². The highest BCUT2D eigenvalue weighted by atomic mass is 32.4. The van der Waals surface area contributed by atoms with Gasteiger partial charge in [-0.25, -0.2) is 0 Å². The Bertz CT molecular complexity index is 80.5. The van der Waals surface area contributed by atoms with Gasteiger partial charge in [0, 0.05) is 0 Å². The summed E-state index contributed by atoms with van der Waals surface area (Å²) in [6.07, 6.45) is 0. The van der Waals surface area contributed by atoms with Crippen molar-refractivity contribution in [1.29, 1.82) is 0 Å². The third kappa shape index (κ3) is 22.5. The van der Waals surface area contributed by atoms with Gasteiger partial charge in [0.05, 0.1) is 0 Å². The van der Waals surface area contributed by atoms with Crippen LogP contribution in [0.4, 0.5) is 15.5 Å². The Labute approximate surface area is 73.2 Å². The van der Waals surface area contributed by atoms with Crippen molar-refractivity contribution < 1.29 is 15.5 Å². The molecule has 0 saturated carbocycles. The Morgan fingerprint density at radius 3 is 1.00 bits per heavy atom. The highest BCUT2D eigenvalue weighted by molar-refractivity contribution is 8.16. The number of rotatable bonds is 3. The molecular formula is C6H15F4NS. The summed E-state index contributed by atoms with van der Waals surface area (Å²) < 4.78 is 39.1. The van der Waals surface area contributed by atoms with E-state index in [9.17, 15) is 15.5 Å². The molecule has 0 heterocycles. The minimum absolute atomic E-state index is 1.19. The molecule has 0 aromatic carbocycles. The summed E-state index contributed by atoms with van der Waals surface area (Å²) in [5, 5.41) is 0. The van der Waals surface area contributed by atoms with Crippen LogP contribution < -0.4 is 0 Å². The van der Waals surface area contributed by atoms with Crippen LogP contribution in [0.5, 0.6) is 0 Å². The van der Waals surface area contributed by atoms with E-state index in [-0.39, 0.29) is 0 Å². The zero-order chi connectivity index (χ0) is 10.2. The van der Waals surface area contributed by atoms with E-state index in [1.54, 1.807) is 0 Å². The Kier molecular flexibility index (Phi) is 9.30. The zero-order valence-corrected chi connectivity index (χ0v) is 8.31. The molecule has 0 fully saturated rings. The van der Waals surface area contributed by atoms with E-state index >= 15 is 0 Å². The molecule has 0 saturated heterocycles. The summed E-state index contributed by atoms with van der Waals surface area (Å²) in [4.78, 5) is 2.38. The summed E-state index contributed by atoms with van der Waals surface area (Å²) in [7, 11) is 0. The van der Waals surface area contributed by atoms with Gasteiger partial charge in [-0.05, 0) is 19.6 Å². The van der Waals surface area contributed by atoms with Crippen LogP contribution in [0.1, 0.15) is 20.8 Å². The lowest BCUT2D eigenvalue weighted by Crippen LogP contribution is -2.21. The predicted octanol–water partition coefficient (Wildman–Crippen LogP) is 3.68. The zero-order valence-electron chi connectivity index (χ0n) is 7.49. The van der Waals surface area contributed by atoms with Gasteiger partial charge in [-0.3, -0.25) is 0 Å². The lowest BCUT2D eigenvalue weighted by Gasteiger charge is -2.13. The smallest absolute Gasteiger partial charge is 0.304 e. The van der Waals surface area contributed by atoms with Gasteiger partial charge in [0.2, 0.25) is 0 Å². The monoisotopic (exact) mass is 209 g/mol. The second-order valence-electron chi connectivity index (χ2n) is 1.97. The SMILES string of the molecule is CCN(CC)CC.FS(F)(F)F. The molecule has 1 nitrogen and oxygen atoms in total. The molecule has 12 heavy (non-hydrogen) atoms. The first-order valence-electron chi connectivity index (χ1n) is 3.69. The van der Waals surface area contributed by atoms with Crippen molar-refractivity contribution in [3.8, 4) is 0 Å². The van der Waals surface area contributed by atoms with Gasteiger partial charge in [0.25, 0.3) is 0 Å². The summed E-state index contributed by atoms with van der Waals surface area (Å²) in [5.74, 6) is 0. The van der Waals surface area contributed by atoms with Gasteiger partial charge >= 0.3 is 11.6 Å². The topological polar surface area (TPSA) is 3.24 Å². The van der Waals surface area contributed by atoms with E-state index in [4.69, 9.17) is 0 Å². The van der Waals surface area contributed by atoms with Crippen molar-refractivity contribution >= 4 is 11.6 Å². The Hall–Kier alpha value is 0.0300. The summed E-state index contributed by atoms with van der Waals surface area (Å²) >= 11 is -6.17. The number of hydrogen-bond acceptors (Lipinski definition) is 1. The molecule has 0 unspecified atom stereocenters. The molecule has 0 aliphatic carbocycles. The first-order chi connectivity index (χ1) is 5.35. The molecule has 0 atom stereocenters. The first kappa shape index (κ1) is 14.5. The predicted molar refractivity (Wildman–Crippen MR) is 45.5 cm³/mol. The summed E-state index contributed by atoms with van der Waals surface area (Å²) in [6.45, 7) is 10.1. The fraction of sp³-hybridized carbons (Fsp3) is 1.00.